The van der Waals surface area contributed by atoms with Gasteiger partial charge in [0.15, 0.2) is 5.82 Å². The number of rotatable bonds is 1. The monoisotopic (exact) mass is 227 g/mol. The zero-order valence-corrected chi connectivity index (χ0v) is 9.06. The summed E-state index contributed by atoms with van der Waals surface area (Å²) in [7, 11) is 0. The minimum Gasteiger partial charge on any atom is -0.511 e. The SMILES string of the molecule is C/C(O)=C(\C#N)c1nc2ccccc2c(=O)[nH]1. The molecule has 2 rings (SSSR count). The van der Waals surface area contributed by atoms with Gasteiger partial charge in [-0.25, -0.2) is 4.98 Å². The lowest BCUT2D eigenvalue weighted by Gasteiger charge is -2.01. The Balaban J connectivity index is 2.80. The molecule has 5 nitrogen and oxygen atoms in total. The molecule has 0 radical (unpaired) electrons. The van der Waals surface area contributed by atoms with Crippen molar-refractivity contribution in [3.05, 3.63) is 46.2 Å². The number of allylic oxidation sites excluding steroid dienone is 2. The van der Waals surface area contributed by atoms with E-state index < -0.39 is 0 Å². The van der Waals surface area contributed by atoms with Gasteiger partial charge >= 0.3 is 0 Å². The number of aliphatic hydroxyl groups excluding tert-OH is 1. The Morgan fingerprint density at radius 2 is 2.18 bits per heavy atom. The van der Waals surface area contributed by atoms with E-state index in [0.29, 0.717) is 10.9 Å². The maximum atomic E-state index is 11.7. The fraction of sp³-hybridized carbons (Fsp3) is 0.0833. The number of para-hydroxylation sites is 1. The third-order valence-electron chi connectivity index (χ3n) is 2.32. The first-order valence-corrected chi connectivity index (χ1v) is 4.93. The van der Waals surface area contributed by atoms with E-state index in [0.717, 1.165) is 0 Å². The summed E-state index contributed by atoms with van der Waals surface area (Å²) < 4.78 is 0. The molecule has 0 aliphatic heterocycles. The Kier molecular flexibility index (Phi) is 2.63. The molecule has 1 aromatic carbocycles. The minimum atomic E-state index is -0.334. The highest BCUT2D eigenvalue weighted by Crippen LogP contribution is 2.13. The van der Waals surface area contributed by atoms with Crippen LogP contribution in [0, 0.1) is 11.3 Å². The number of nitrogens with one attached hydrogen (secondary N) is 1. The molecule has 2 aromatic rings. The zero-order valence-electron chi connectivity index (χ0n) is 9.06. The summed E-state index contributed by atoms with van der Waals surface area (Å²) in [6.45, 7) is 1.37. The van der Waals surface area contributed by atoms with E-state index in [-0.39, 0.29) is 22.7 Å². The van der Waals surface area contributed by atoms with Gasteiger partial charge in [0.2, 0.25) is 0 Å². The predicted molar refractivity (Wildman–Crippen MR) is 63.2 cm³/mol. The molecule has 17 heavy (non-hydrogen) atoms. The van der Waals surface area contributed by atoms with Crippen molar-refractivity contribution in [2.75, 3.05) is 0 Å². The first-order chi connectivity index (χ1) is 8.13. The van der Waals surface area contributed by atoms with Crippen molar-refractivity contribution >= 4 is 16.5 Å². The van der Waals surface area contributed by atoms with Gasteiger partial charge in [0.05, 0.1) is 10.9 Å². The molecule has 0 spiro atoms. The zero-order chi connectivity index (χ0) is 12.4. The Hall–Kier alpha value is -2.61. The molecule has 1 heterocycles. The van der Waals surface area contributed by atoms with Crippen LogP contribution >= 0.6 is 0 Å². The Morgan fingerprint density at radius 3 is 2.82 bits per heavy atom. The second-order valence-electron chi connectivity index (χ2n) is 3.50. The molecular formula is C12H9N3O2. The number of nitriles is 1. The first kappa shape index (κ1) is 10.9. The van der Waals surface area contributed by atoms with Crippen LogP contribution in [0.3, 0.4) is 0 Å². The molecule has 5 heteroatoms. The van der Waals surface area contributed by atoms with Crippen molar-refractivity contribution < 1.29 is 5.11 Å². The van der Waals surface area contributed by atoms with Crippen LogP contribution in [0.5, 0.6) is 0 Å². The summed E-state index contributed by atoms with van der Waals surface area (Å²) in [5.41, 5.74) is 0.118. The van der Waals surface area contributed by atoms with Crippen LogP contribution < -0.4 is 5.56 Å². The predicted octanol–water partition coefficient (Wildman–Crippen LogP) is 1.74. The number of H-pyrrole nitrogens is 1. The van der Waals surface area contributed by atoms with Gasteiger partial charge in [-0.15, -0.1) is 0 Å². The van der Waals surface area contributed by atoms with Gasteiger partial charge in [-0.3, -0.25) is 4.79 Å². The van der Waals surface area contributed by atoms with Gasteiger partial charge in [0.1, 0.15) is 17.4 Å². The number of nitrogens with zero attached hydrogens (tertiary/aromatic N) is 2. The first-order valence-electron chi connectivity index (χ1n) is 4.93. The number of fused-ring (bicyclic) bond motifs is 1. The molecule has 0 atom stereocenters. The lowest BCUT2D eigenvalue weighted by molar-refractivity contribution is 0.417. The number of hydrogen-bond donors (Lipinski definition) is 2. The summed E-state index contributed by atoms with van der Waals surface area (Å²) in [6.07, 6.45) is 0. The molecule has 0 unspecified atom stereocenters. The molecule has 0 saturated heterocycles. The normalized spacial score (nSPS) is 12.0. The largest absolute Gasteiger partial charge is 0.511 e. The van der Waals surface area contributed by atoms with Gasteiger partial charge in [0.25, 0.3) is 5.56 Å². The summed E-state index contributed by atoms with van der Waals surface area (Å²) in [5.74, 6) is -0.0952. The fourth-order valence-electron chi connectivity index (χ4n) is 1.51. The summed E-state index contributed by atoms with van der Waals surface area (Å²) in [4.78, 5) is 18.3. The summed E-state index contributed by atoms with van der Waals surface area (Å²) >= 11 is 0. The van der Waals surface area contributed by atoms with Crippen molar-refractivity contribution in [1.29, 1.82) is 5.26 Å². The second-order valence-corrected chi connectivity index (χ2v) is 3.50. The van der Waals surface area contributed by atoms with E-state index in [2.05, 4.69) is 9.97 Å². The third kappa shape index (κ3) is 1.88. The molecule has 0 fully saturated rings. The molecule has 1 aromatic heterocycles. The highest BCUT2D eigenvalue weighted by Gasteiger charge is 2.10. The van der Waals surface area contributed by atoms with Crippen molar-refractivity contribution in [2.45, 2.75) is 6.92 Å². The van der Waals surface area contributed by atoms with E-state index >= 15 is 0 Å². The van der Waals surface area contributed by atoms with E-state index in [1.807, 2.05) is 0 Å². The van der Waals surface area contributed by atoms with E-state index in [4.69, 9.17) is 5.26 Å². The van der Waals surface area contributed by atoms with Gasteiger partial charge in [-0.05, 0) is 19.1 Å². The van der Waals surface area contributed by atoms with E-state index in [9.17, 15) is 9.90 Å². The smallest absolute Gasteiger partial charge is 0.259 e. The molecule has 84 valence electrons. The molecule has 0 aliphatic rings. The molecule has 0 bridgehead atoms. The van der Waals surface area contributed by atoms with Crippen molar-refractivity contribution in [3.8, 4) is 6.07 Å². The lowest BCUT2D eigenvalue weighted by atomic mass is 10.2. The number of aromatic amines is 1. The van der Waals surface area contributed by atoms with Gasteiger partial charge in [-0.2, -0.15) is 5.26 Å². The van der Waals surface area contributed by atoms with Crippen LogP contribution in [-0.4, -0.2) is 15.1 Å². The highest BCUT2D eigenvalue weighted by atomic mass is 16.3. The lowest BCUT2D eigenvalue weighted by Crippen LogP contribution is -2.11. The Labute approximate surface area is 96.7 Å². The maximum Gasteiger partial charge on any atom is 0.259 e. The van der Waals surface area contributed by atoms with Crippen molar-refractivity contribution in [2.24, 2.45) is 0 Å². The standard InChI is InChI=1S/C12H9N3O2/c1-7(16)9(6-13)11-14-10-5-3-2-4-8(10)12(17)15-11/h2-5,16H,1H3,(H,14,15,17)/b9-7-. The fourth-order valence-corrected chi connectivity index (χ4v) is 1.51. The van der Waals surface area contributed by atoms with Crippen LogP contribution in [0.15, 0.2) is 34.8 Å². The van der Waals surface area contributed by atoms with E-state index in [1.54, 1.807) is 30.3 Å². The maximum absolute atomic E-state index is 11.7. The highest BCUT2D eigenvalue weighted by molar-refractivity contribution is 5.81. The number of aromatic nitrogens is 2. The molecular weight excluding hydrogens is 218 g/mol. The van der Waals surface area contributed by atoms with Crippen LogP contribution in [0.4, 0.5) is 0 Å². The second kappa shape index (κ2) is 4.10. The van der Waals surface area contributed by atoms with Gasteiger partial charge < -0.3 is 10.1 Å². The Bertz CT molecular complexity index is 703. The summed E-state index contributed by atoms with van der Waals surface area (Å²) in [6, 6.07) is 8.61. The number of benzene rings is 1. The van der Waals surface area contributed by atoms with E-state index in [1.165, 1.54) is 6.92 Å². The van der Waals surface area contributed by atoms with Crippen LogP contribution in [0.1, 0.15) is 12.7 Å². The van der Waals surface area contributed by atoms with Gasteiger partial charge in [0, 0.05) is 0 Å². The number of hydrogen-bond acceptors (Lipinski definition) is 4. The molecule has 2 N–H and O–H groups in total. The molecule has 0 aliphatic carbocycles. The van der Waals surface area contributed by atoms with Crippen LogP contribution in [0.2, 0.25) is 0 Å². The number of aliphatic hydroxyl groups is 1. The van der Waals surface area contributed by atoms with Crippen LogP contribution in [0.25, 0.3) is 16.5 Å². The molecule has 0 saturated carbocycles. The quantitative estimate of drug-likeness (QED) is 0.573. The van der Waals surface area contributed by atoms with Crippen molar-refractivity contribution in [1.82, 2.24) is 9.97 Å². The van der Waals surface area contributed by atoms with Crippen LogP contribution in [-0.2, 0) is 0 Å². The third-order valence-corrected chi connectivity index (χ3v) is 2.32. The molecule has 0 amide bonds. The Morgan fingerprint density at radius 1 is 1.47 bits per heavy atom. The topological polar surface area (TPSA) is 89.8 Å². The van der Waals surface area contributed by atoms with Gasteiger partial charge in [-0.1, -0.05) is 12.1 Å². The average molecular weight is 227 g/mol. The average Bonchev–Trinajstić information content (AvgIpc) is 2.29. The van der Waals surface area contributed by atoms with Crippen molar-refractivity contribution in [3.63, 3.8) is 0 Å². The summed E-state index contributed by atoms with van der Waals surface area (Å²) in [5, 5.41) is 18.7. The minimum absolute atomic E-state index is 0.0344.